The normalized spacial score (nSPS) is 20.8. The number of guanidine groups is 1. The Morgan fingerprint density at radius 1 is 1.24 bits per heavy atom. The van der Waals surface area contributed by atoms with Gasteiger partial charge in [0.2, 0.25) is 0 Å². The first-order valence-electron chi connectivity index (χ1n) is 8.58. The fourth-order valence-corrected chi connectivity index (χ4v) is 2.88. The van der Waals surface area contributed by atoms with Crippen LogP contribution < -0.4 is 10.6 Å². The van der Waals surface area contributed by atoms with Crippen LogP contribution in [0.4, 0.5) is 0 Å². The van der Waals surface area contributed by atoms with Crippen LogP contribution in [0.3, 0.4) is 0 Å². The molecule has 1 aliphatic rings. The van der Waals surface area contributed by atoms with Crippen molar-refractivity contribution in [2.24, 2.45) is 4.99 Å². The van der Waals surface area contributed by atoms with Crippen molar-refractivity contribution >= 4 is 5.96 Å². The predicted molar refractivity (Wildman–Crippen MR) is 92.0 cm³/mol. The summed E-state index contributed by atoms with van der Waals surface area (Å²) in [5.74, 6) is 0.921. The van der Waals surface area contributed by atoms with Crippen molar-refractivity contribution in [3.8, 4) is 0 Å². The van der Waals surface area contributed by atoms with Crippen LogP contribution in [0.25, 0.3) is 0 Å². The number of hydrogen-bond donors (Lipinski definition) is 2. The number of likely N-dealkylation sites (tertiary alicyclic amines) is 1. The van der Waals surface area contributed by atoms with E-state index in [1.807, 2.05) is 7.05 Å². The Morgan fingerprint density at radius 3 is 2.67 bits per heavy atom. The molecule has 1 heterocycles. The third kappa shape index (κ3) is 7.14. The molecule has 0 spiro atoms. The molecule has 1 rings (SSSR count). The number of nitrogens with zero attached hydrogens (tertiary/aromatic N) is 3. The monoisotopic (exact) mass is 297 g/mol. The van der Waals surface area contributed by atoms with Gasteiger partial charge < -0.3 is 15.5 Å². The molecule has 1 atom stereocenters. The Labute approximate surface area is 131 Å². The van der Waals surface area contributed by atoms with Gasteiger partial charge in [0.1, 0.15) is 0 Å². The maximum absolute atomic E-state index is 4.29. The van der Waals surface area contributed by atoms with Crippen molar-refractivity contribution in [1.82, 2.24) is 20.4 Å². The summed E-state index contributed by atoms with van der Waals surface area (Å²) in [5.41, 5.74) is 0. The molecule has 0 radical (unpaired) electrons. The van der Waals surface area contributed by atoms with E-state index in [0.717, 1.165) is 44.7 Å². The van der Waals surface area contributed by atoms with Crippen LogP contribution in [0, 0.1) is 0 Å². The molecule has 0 aromatic heterocycles. The zero-order valence-electron chi connectivity index (χ0n) is 14.5. The molecule has 0 bridgehead atoms. The van der Waals surface area contributed by atoms with Crippen molar-refractivity contribution in [1.29, 1.82) is 0 Å². The molecule has 5 heteroatoms. The number of piperidine rings is 1. The van der Waals surface area contributed by atoms with Gasteiger partial charge in [-0.2, -0.15) is 0 Å². The van der Waals surface area contributed by atoms with E-state index in [9.17, 15) is 0 Å². The number of hydrogen-bond acceptors (Lipinski definition) is 3. The Balaban J connectivity index is 2.19. The minimum Gasteiger partial charge on any atom is -0.355 e. The zero-order chi connectivity index (χ0) is 15.5. The lowest BCUT2D eigenvalue weighted by Crippen LogP contribution is -2.46. The van der Waals surface area contributed by atoms with Crippen molar-refractivity contribution in [3.63, 3.8) is 0 Å². The van der Waals surface area contributed by atoms with Crippen LogP contribution in [0.5, 0.6) is 0 Å². The van der Waals surface area contributed by atoms with E-state index in [1.165, 1.54) is 32.2 Å². The standard InChI is InChI=1S/C16H35N5/c1-5-15-9-7-8-12-21(15)14-11-19-16(17-3)18-10-13-20(4)6-2/h15H,5-14H2,1-4H3,(H2,17,18,19). The summed E-state index contributed by atoms with van der Waals surface area (Å²) < 4.78 is 0. The quantitative estimate of drug-likeness (QED) is 0.524. The van der Waals surface area contributed by atoms with Gasteiger partial charge in [-0.05, 0) is 39.4 Å². The Bertz CT molecular complexity index is 292. The second-order valence-corrected chi connectivity index (χ2v) is 5.92. The second-order valence-electron chi connectivity index (χ2n) is 5.92. The Hall–Kier alpha value is -0.810. The first-order chi connectivity index (χ1) is 10.2. The number of likely N-dealkylation sites (N-methyl/N-ethyl adjacent to an activating group) is 1. The molecule has 1 saturated heterocycles. The maximum atomic E-state index is 4.29. The lowest BCUT2D eigenvalue weighted by atomic mass is 10.0. The van der Waals surface area contributed by atoms with Crippen LogP contribution in [0.15, 0.2) is 4.99 Å². The van der Waals surface area contributed by atoms with E-state index in [-0.39, 0.29) is 0 Å². The third-order valence-electron chi connectivity index (χ3n) is 4.46. The molecule has 124 valence electrons. The van der Waals surface area contributed by atoms with Gasteiger partial charge >= 0.3 is 0 Å². The fraction of sp³-hybridized carbons (Fsp3) is 0.938. The van der Waals surface area contributed by atoms with Crippen molar-refractivity contribution in [2.45, 2.75) is 45.6 Å². The van der Waals surface area contributed by atoms with E-state index < -0.39 is 0 Å². The van der Waals surface area contributed by atoms with E-state index in [4.69, 9.17) is 0 Å². The summed E-state index contributed by atoms with van der Waals surface area (Å²) in [7, 11) is 3.98. The molecular formula is C16H35N5. The van der Waals surface area contributed by atoms with Gasteiger partial charge in [-0.15, -0.1) is 0 Å². The van der Waals surface area contributed by atoms with Crippen molar-refractivity contribution in [2.75, 3.05) is 53.4 Å². The first kappa shape index (κ1) is 18.2. The van der Waals surface area contributed by atoms with Crippen LogP contribution in [-0.2, 0) is 0 Å². The minimum absolute atomic E-state index is 0.786. The topological polar surface area (TPSA) is 42.9 Å². The molecule has 1 fully saturated rings. The molecule has 1 aliphatic heterocycles. The molecule has 0 aromatic rings. The van der Waals surface area contributed by atoms with Gasteiger partial charge in [-0.3, -0.25) is 9.89 Å². The van der Waals surface area contributed by atoms with Gasteiger partial charge in [0.05, 0.1) is 0 Å². The zero-order valence-corrected chi connectivity index (χ0v) is 14.5. The highest BCUT2D eigenvalue weighted by Crippen LogP contribution is 2.18. The summed E-state index contributed by atoms with van der Waals surface area (Å²) in [5, 5.41) is 6.81. The third-order valence-corrected chi connectivity index (χ3v) is 4.46. The molecule has 5 nitrogen and oxygen atoms in total. The molecular weight excluding hydrogens is 262 g/mol. The predicted octanol–water partition coefficient (Wildman–Crippen LogP) is 1.37. The SMILES string of the molecule is CCC1CCCCN1CCNC(=NC)NCCN(C)CC. The van der Waals surface area contributed by atoms with Gasteiger partial charge in [-0.1, -0.05) is 20.3 Å². The number of aliphatic imine (C=N–C) groups is 1. The summed E-state index contributed by atoms with van der Waals surface area (Å²) in [6.07, 6.45) is 5.40. The molecule has 1 unspecified atom stereocenters. The van der Waals surface area contributed by atoms with E-state index in [1.54, 1.807) is 0 Å². The lowest BCUT2D eigenvalue weighted by molar-refractivity contribution is 0.147. The van der Waals surface area contributed by atoms with E-state index in [2.05, 4.69) is 46.3 Å². The molecule has 0 amide bonds. The fourth-order valence-electron chi connectivity index (χ4n) is 2.88. The number of nitrogens with one attached hydrogen (secondary N) is 2. The molecule has 0 aliphatic carbocycles. The summed E-state index contributed by atoms with van der Waals surface area (Å²) in [6, 6.07) is 0.786. The molecule has 2 N–H and O–H groups in total. The van der Waals surface area contributed by atoms with Crippen LogP contribution in [-0.4, -0.2) is 75.2 Å². The molecule has 0 saturated carbocycles. The second kappa shape index (κ2) is 10.9. The number of rotatable bonds is 8. The van der Waals surface area contributed by atoms with Gasteiger partial charge in [-0.25, -0.2) is 0 Å². The van der Waals surface area contributed by atoms with Gasteiger partial charge in [0.25, 0.3) is 0 Å². The van der Waals surface area contributed by atoms with Gasteiger partial charge in [0.15, 0.2) is 5.96 Å². The smallest absolute Gasteiger partial charge is 0.191 e. The average molecular weight is 297 g/mol. The summed E-state index contributed by atoms with van der Waals surface area (Å²) in [6.45, 7) is 10.9. The van der Waals surface area contributed by atoms with E-state index in [0.29, 0.717) is 0 Å². The van der Waals surface area contributed by atoms with Crippen LogP contribution in [0.2, 0.25) is 0 Å². The molecule has 21 heavy (non-hydrogen) atoms. The minimum atomic E-state index is 0.786. The van der Waals surface area contributed by atoms with Crippen molar-refractivity contribution < 1.29 is 0 Å². The Morgan fingerprint density at radius 2 is 2.00 bits per heavy atom. The highest BCUT2D eigenvalue weighted by Gasteiger charge is 2.19. The summed E-state index contributed by atoms with van der Waals surface area (Å²) in [4.78, 5) is 9.22. The maximum Gasteiger partial charge on any atom is 0.191 e. The van der Waals surface area contributed by atoms with Crippen molar-refractivity contribution in [3.05, 3.63) is 0 Å². The van der Waals surface area contributed by atoms with Crippen LogP contribution >= 0.6 is 0 Å². The van der Waals surface area contributed by atoms with E-state index >= 15 is 0 Å². The van der Waals surface area contributed by atoms with Crippen LogP contribution in [0.1, 0.15) is 39.5 Å². The van der Waals surface area contributed by atoms with Gasteiger partial charge in [0, 0.05) is 39.3 Å². The largest absolute Gasteiger partial charge is 0.355 e. The highest BCUT2D eigenvalue weighted by atomic mass is 15.2. The Kier molecular flexibility index (Phi) is 9.42. The molecule has 0 aromatic carbocycles. The summed E-state index contributed by atoms with van der Waals surface area (Å²) >= 11 is 0. The average Bonchev–Trinajstić information content (AvgIpc) is 2.53. The highest BCUT2D eigenvalue weighted by molar-refractivity contribution is 5.79. The lowest BCUT2D eigenvalue weighted by Gasteiger charge is -2.35. The first-order valence-corrected chi connectivity index (χ1v) is 8.58.